The van der Waals surface area contributed by atoms with Crippen LogP contribution in [0.2, 0.25) is 10.0 Å². The van der Waals surface area contributed by atoms with E-state index in [0.29, 0.717) is 39.5 Å². The van der Waals surface area contributed by atoms with Crippen molar-refractivity contribution in [3.8, 4) is 5.95 Å². The second-order valence-electron chi connectivity index (χ2n) is 8.26. The normalized spacial score (nSPS) is 13.3. The second-order valence-corrected chi connectivity index (χ2v) is 9.13. The summed E-state index contributed by atoms with van der Waals surface area (Å²) in [4.78, 5) is 14.4. The molecule has 0 saturated carbocycles. The standard InChI is InChI=1S/C25H24Cl2N8/c1-2-13-34-24-21(31-25(34)35-14-3-12-30-35)22(29)32-23(33-24)19(15-4-8-17(26)9-5-15)20(28)16-6-10-18(27)11-7-16/h3-12,14,19-20H,2,13,28H2,1H3,(H2,29,32,33). The first-order valence-electron chi connectivity index (χ1n) is 11.3. The van der Waals surface area contributed by atoms with Crippen molar-refractivity contribution in [1.29, 1.82) is 0 Å². The van der Waals surface area contributed by atoms with E-state index in [-0.39, 0.29) is 5.82 Å². The Morgan fingerprint density at radius 3 is 2.17 bits per heavy atom. The van der Waals surface area contributed by atoms with Gasteiger partial charge in [0.1, 0.15) is 5.82 Å². The number of nitrogen functional groups attached to an aromatic ring is 1. The molecule has 178 valence electrons. The van der Waals surface area contributed by atoms with Crippen molar-refractivity contribution >= 4 is 40.2 Å². The summed E-state index contributed by atoms with van der Waals surface area (Å²) >= 11 is 12.3. The Balaban J connectivity index is 1.70. The lowest BCUT2D eigenvalue weighted by Crippen LogP contribution is -2.23. The number of imidazole rings is 1. The Labute approximate surface area is 212 Å². The number of hydrogen-bond acceptors (Lipinski definition) is 6. The Bertz CT molecular complexity index is 1440. The van der Waals surface area contributed by atoms with Crippen molar-refractivity contribution in [3.05, 3.63) is 94.0 Å². The molecule has 3 aromatic heterocycles. The molecule has 3 heterocycles. The molecule has 0 fully saturated rings. The summed E-state index contributed by atoms with van der Waals surface area (Å²) in [6.45, 7) is 2.79. The molecule has 0 aliphatic rings. The first kappa shape index (κ1) is 23.3. The number of benzene rings is 2. The van der Waals surface area contributed by atoms with E-state index in [1.807, 2.05) is 65.4 Å². The highest BCUT2D eigenvalue weighted by atomic mass is 35.5. The van der Waals surface area contributed by atoms with Crippen LogP contribution in [-0.2, 0) is 6.54 Å². The smallest absolute Gasteiger partial charge is 0.233 e. The van der Waals surface area contributed by atoms with Gasteiger partial charge in [-0.3, -0.25) is 4.57 Å². The highest BCUT2D eigenvalue weighted by molar-refractivity contribution is 6.30. The number of halogens is 2. The fourth-order valence-corrected chi connectivity index (χ4v) is 4.48. The van der Waals surface area contributed by atoms with Crippen LogP contribution < -0.4 is 11.5 Å². The Kier molecular flexibility index (Phi) is 6.42. The molecule has 8 nitrogen and oxygen atoms in total. The molecule has 0 amide bonds. The molecule has 5 rings (SSSR count). The molecule has 2 atom stereocenters. The zero-order valence-electron chi connectivity index (χ0n) is 19.0. The number of nitrogens with two attached hydrogens (primary N) is 2. The first-order chi connectivity index (χ1) is 17.0. The van der Waals surface area contributed by atoms with Gasteiger partial charge in [-0.15, -0.1) is 0 Å². The fraction of sp³-hybridized carbons (Fsp3) is 0.200. The number of rotatable bonds is 7. The molecule has 0 bridgehead atoms. The van der Waals surface area contributed by atoms with E-state index in [9.17, 15) is 0 Å². The van der Waals surface area contributed by atoms with Crippen LogP contribution in [0.25, 0.3) is 17.1 Å². The SMILES string of the molecule is CCCn1c(-n2cccn2)nc2c(N)nc(C(c3ccc(Cl)cc3)C(N)c3ccc(Cl)cc3)nc21. The van der Waals surface area contributed by atoms with Gasteiger partial charge >= 0.3 is 0 Å². The molecule has 2 unspecified atom stereocenters. The molecule has 10 heteroatoms. The predicted octanol–water partition coefficient (Wildman–Crippen LogP) is 5.14. The fourth-order valence-electron chi connectivity index (χ4n) is 4.22. The van der Waals surface area contributed by atoms with Gasteiger partial charge in [0, 0.05) is 35.0 Å². The minimum absolute atomic E-state index is 0.288. The van der Waals surface area contributed by atoms with Gasteiger partial charge in [-0.05, 0) is 47.9 Å². The van der Waals surface area contributed by atoms with Crippen LogP contribution >= 0.6 is 23.2 Å². The van der Waals surface area contributed by atoms with E-state index in [0.717, 1.165) is 17.5 Å². The van der Waals surface area contributed by atoms with Crippen molar-refractivity contribution in [2.45, 2.75) is 31.8 Å². The number of nitrogens with zero attached hydrogens (tertiary/aromatic N) is 6. The summed E-state index contributed by atoms with van der Waals surface area (Å²) in [6.07, 6.45) is 4.42. The van der Waals surface area contributed by atoms with E-state index >= 15 is 0 Å². The van der Waals surface area contributed by atoms with Gasteiger partial charge in [0.05, 0.1) is 5.92 Å². The van der Waals surface area contributed by atoms with Crippen LogP contribution in [0.1, 0.15) is 42.3 Å². The van der Waals surface area contributed by atoms with Gasteiger partial charge in [0.15, 0.2) is 17.0 Å². The Morgan fingerprint density at radius 1 is 0.914 bits per heavy atom. The van der Waals surface area contributed by atoms with Crippen LogP contribution in [-0.4, -0.2) is 29.3 Å². The number of anilines is 1. The number of aromatic nitrogens is 6. The Hall–Kier alpha value is -3.46. The molecule has 4 N–H and O–H groups in total. The molecule has 5 aromatic rings. The lowest BCUT2D eigenvalue weighted by molar-refractivity contribution is 0.596. The molecular weight excluding hydrogens is 483 g/mol. The van der Waals surface area contributed by atoms with Crippen molar-refractivity contribution in [2.24, 2.45) is 5.73 Å². The van der Waals surface area contributed by atoms with E-state index in [2.05, 4.69) is 17.0 Å². The summed E-state index contributed by atoms with van der Waals surface area (Å²) < 4.78 is 3.71. The average molecular weight is 507 g/mol. The molecule has 0 aliphatic heterocycles. The highest BCUT2D eigenvalue weighted by Crippen LogP contribution is 2.36. The van der Waals surface area contributed by atoms with E-state index < -0.39 is 12.0 Å². The van der Waals surface area contributed by atoms with Gasteiger partial charge in [-0.1, -0.05) is 54.4 Å². The molecule has 35 heavy (non-hydrogen) atoms. The minimum Gasteiger partial charge on any atom is -0.382 e. The maximum Gasteiger partial charge on any atom is 0.233 e. The van der Waals surface area contributed by atoms with Gasteiger partial charge in [0.25, 0.3) is 0 Å². The molecule has 0 aliphatic carbocycles. The maximum absolute atomic E-state index is 6.83. The zero-order chi connectivity index (χ0) is 24.5. The number of aryl methyl sites for hydroxylation is 1. The third kappa shape index (κ3) is 4.48. The van der Waals surface area contributed by atoms with Crippen LogP contribution in [0.4, 0.5) is 5.82 Å². The van der Waals surface area contributed by atoms with E-state index in [1.54, 1.807) is 10.9 Å². The highest BCUT2D eigenvalue weighted by Gasteiger charge is 2.28. The summed E-state index contributed by atoms with van der Waals surface area (Å²) in [6, 6.07) is 16.4. The van der Waals surface area contributed by atoms with Crippen LogP contribution in [0, 0.1) is 0 Å². The molecule has 0 spiro atoms. The molecule has 0 radical (unpaired) electrons. The van der Waals surface area contributed by atoms with Crippen LogP contribution in [0.3, 0.4) is 0 Å². The summed E-state index contributed by atoms with van der Waals surface area (Å²) in [5.41, 5.74) is 16.3. The monoisotopic (exact) mass is 506 g/mol. The van der Waals surface area contributed by atoms with Gasteiger partial charge < -0.3 is 11.5 Å². The lowest BCUT2D eigenvalue weighted by atomic mass is 9.87. The maximum atomic E-state index is 6.83. The van der Waals surface area contributed by atoms with E-state index in [4.69, 9.17) is 44.6 Å². The van der Waals surface area contributed by atoms with Crippen molar-refractivity contribution in [3.63, 3.8) is 0 Å². The third-order valence-electron chi connectivity index (χ3n) is 5.90. The van der Waals surface area contributed by atoms with Crippen LogP contribution in [0.15, 0.2) is 67.0 Å². The molecule has 0 saturated heterocycles. The second kappa shape index (κ2) is 9.65. The number of fused-ring (bicyclic) bond motifs is 1. The molecule has 2 aromatic carbocycles. The van der Waals surface area contributed by atoms with Crippen molar-refractivity contribution in [2.75, 3.05) is 5.73 Å². The Morgan fingerprint density at radius 2 is 1.57 bits per heavy atom. The topological polar surface area (TPSA) is 113 Å². The quantitative estimate of drug-likeness (QED) is 0.315. The van der Waals surface area contributed by atoms with Crippen LogP contribution in [0.5, 0.6) is 0 Å². The largest absolute Gasteiger partial charge is 0.382 e. The minimum atomic E-state index is -0.460. The first-order valence-corrected chi connectivity index (χ1v) is 12.0. The van der Waals surface area contributed by atoms with Gasteiger partial charge in [-0.25, -0.2) is 19.6 Å². The zero-order valence-corrected chi connectivity index (χ0v) is 20.5. The van der Waals surface area contributed by atoms with E-state index in [1.165, 1.54) is 0 Å². The average Bonchev–Trinajstić information content (AvgIpc) is 3.50. The predicted molar refractivity (Wildman–Crippen MR) is 139 cm³/mol. The van der Waals surface area contributed by atoms with Gasteiger partial charge in [-0.2, -0.15) is 5.10 Å². The lowest BCUT2D eigenvalue weighted by Gasteiger charge is -2.24. The third-order valence-corrected chi connectivity index (χ3v) is 6.40. The van der Waals surface area contributed by atoms with Crippen molar-refractivity contribution in [1.82, 2.24) is 29.3 Å². The molecular formula is C25H24Cl2N8. The summed E-state index contributed by atoms with van der Waals surface area (Å²) in [5, 5.41) is 5.62. The van der Waals surface area contributed by atoms with Gasteiger partial charge in [0.2, 0.25) is 5.95 Å². The van der Waals surface area contributed by atoms with Crippen molar-refractivity contribution < 1.29 is 0 Å². The summed E-state index contributed by atoms with van der Waals surface area (Å²) in [5.74, 6) is 1.04. The summed E-state index contributed by atoms with van der Waals surface area (Å²) in [7, 11) is 0. The number of hydrogen-bond donors (Lipinski definition) is 2.